The molecular formula is C29H29NO4. The van der Waals surface area contributed by atoms with Gasteiger partial charge < -0.3 is 9.84 Å². The van der Waals surface area contributed by atoms with Crippen LogP contribution in [0.5, 0.6) is 5.75 Å². The van der Waals surface area contributed by atoms with Crippen LogP contribution >= 0.6 is 0 Å². The lowest BCUT2D eigenvalue weighted by atomic mass is 9.93. The number of ketones is 1. The number of methoxy groups -OCH3 is 1. The Morgan fingerprint density at radius 1 is 1.00 bits per heavy atom. The minimum Gasteiger partial charge on any atom is -0.507 e. The molecule has 1 unspecified atom stereocenters. The molecular weight excluding hydrogens is 426 g/mol. The first-order valence-electron chi connectivity index (χ1n) is 11.5. The number of Topliss-reactive ketones (excluding diaryl/α,β-unsaturated/α-hetero) is 1. The van der Waals surface area contributed by atoms with Crippen LogP contribution in [-0.4, -0.2) is 23.9 Å². The van der Waals surface area contributed by atoms with Crippen LogP contribution in [0.15, 0.2) is 78.4 Å². The third kappa shape index (κ3) is 4.10. The number of hydrogen-bond donors (Lipinski definition) is 1. The van der Waals surface area contributed by atoms with E-state index in [4.69, 9.17) is 4.74 Å². The molecule has 1 aliphatic heterocycles. The first-order valence-corrected chi connectivity index (χ1v) is 11.5. The highest BCUT2D eigenvalue weighted by Crippen LogP contribution is 2.42. The van der Waals surface area contributed by atoms with Gasteiger partial charge in [-0.05, 0) is 59.4 Å². The predicted molar refractivity (Wildman–Crippen MR) is 134 cm³/mol. The van der Waals surface area contributed by atoms with Gasteiger partial charge in [0, 0.05) is 11.3 Å². The Balaban J connectivity index is 1.91. The van der Waals surface area contributed by atoms with Crippen molar-refractivity contribution < 1.29 is 19.4 Å². The highest BCUT2D eigenvalue weighted by molar-refractivity contribution is 6.51. The highest BCUT2D eigenvalue weighted by Gasteiger charge is 2.46. The van der Waals surface area contributed by atoms with E-state index in [-0.39, 0.29) is 17.3 Å². The second kappa shape index (κ2) is 9.56. The number of nitrogens with zero attached hydrogens (tertiary/aromatic N) is 1. The average molecular weight is 456 g/mol. The van der Waals surface area contributed by atoms with Gasteiger partial charge in [0.05, 0.1) is 18.7 Å². The average Bonchev–Trinajstić information content (AvgIpc) is 3.14. The van der Waals surface area contributed by atoms with E-state index in [2.05, 4.69) is 6.92 Å². The van der Waals surface area contributed by atoms with Gasteiger partial charge in [-0.2, -0.15) is 0 Å². The van der Waals surface area contributed by atoms with Gasteiger partial charge in [0.25, 0.3) is 11.7 Å². The summed E-state index contributed by atoms with van der Waals surface area (Å²) in [6.45, 7) is 6.13. The van der Waals surface area contributed by atoms with Crippen LogP contribution in [0.1, 0.15) is 55.0 Å². The molecule has 1 atom stereocenters. The van der Waals surface area contributed by atoms with Crippen LogP contribution in [0, 0.1) is 0 Å². The normalized spacial score (nSPS) is 17.4. The fraction of sp³-hybridized carbons (Fsp3) is 0.241. The molecule has 3 aromatic rings. The van der Waals surface area contributed by atoms with Crippen LogP contribution in [0.25, 0.3) is 5.76 Å². The van der Waals surface area contributed by atoms with E-state index in [9.17, 15) is 14.7 Å². The van der Waals surface area contributed by atoms with Crippen LogP contribution < -0.4 is 9.64 Å². The number of ether oxygens (including phenoxy) is 1. The lowest BCUT2D eigenvalue weighted by Crippen LogP contribution is -2.29. The van der Waals surface area contributed by atoms with Gasteiger partial charge in [-0.15, -0.1) is 0 Å². The molecule has 5 heteroatoms. The van der Waals surface area contributed by atoms with Gasteiger partial charge in [0.1, 0.15) is 11.5 Å². The molecule has 34 heavy (non-hydrogen) atoms. The van der Waals surface area contributed by atoms with Crippen molar-refractivity contribution in [3.05, 3.63) is 101 Å². The zero-order valence-corrected chi connectivity index (χ0v) is 19.9. The quantitative estimate of drug-likeness (QED) is 0.281. The largest absolute Gasteiger partial charge is 0.507 e. The first kappa shape index (κ1) is 23.3. The maximum Gasteiger partial charge on any atom is 0.300 e. The molecule has 3 aromatic carbocycles. The van der Waals surface area contributed by atoms with Crippen molar-refractivity contribution in [1.82, 2.24) is 0 Å². The fourth-order valence-electron chi connectivity index (χ4n) is 4.43. The third-order valence-electron chi connectivity index (χ3n) is 6.31. The van der Waals surface area contributed by atoms with Crippen molar-refractivity contribution in [3.63, 3.8) is 0 Å². The number of benzene rings is 3. The summed E-state index contributed by atoms with van der Waals surface area (Å²) >= 11 is 0. The lowest BCUT2D eigenvalue weighted by Gasteiger charge is -2.25. The lowest BCUT2D eigenvalue weighted by molar-refractivity contribution is -0.132. The predicted octanol–water partition coefficient (Wildman–Crippen LogP) is 6.01. The Hall–Kier alpha value is -3.86. The van der Waals surface area contributed by atoms with Crippen LogP contribution in [0.4, 0.5) is 5.69 Å². The van der Waals surface area contributed by atoms with Crippen molar-refractivity contribution >= 4 is 23.1 Å². The summed E-state index contributed by atoms with van der Waals surface area (Å²) in [5, 5.41) is 11.4. The SMILES string of the molecule is CCc1ccc(N2C(=O)C(=O)/C(=C(\O)c3ccc(OC)c(C(C)C)c3)C2c2ccccc2)cc1. The molecule has 1 fully saturated rings. The van der Waals surface area contributed by atoms with E-state index in [1.165, 1.54) is 4.90 Å². The summed E-state index contributed by atoms with van der Waals surface area (Å²) in [7, 11) is 1.60. The standard InChI is InChI=1S/C29H29NO4/c1-5-19-11-14-22(15-12-19)30-26(20-9-7-6-8-10-20)25(28(32)29(30)33)27(31)21-13-16-24(34-4)23(17-21)18(2)3/h6-18,26,31H,5H2,1-4H3/b27-25-. The van der Waals surface area contributed by atoms with E-state index in [1.807, 2.05) is 74.5 Å². The summed E-state index contributed by atoms with van der Waals surface area (Å²) < 4.78 is 5.46. The van der Waals surface area contributed by atoms with Gasteiger partial charge in [-0.25, -0.2) is 0 Å². The molecule has 5 nitrogen and oxygen atoms in total. The zero-order chi connectivity index (χ0) is 24.4. The number of amides is 1. The van der Waals surface area contributed by atoms with Crippen molar-refractivity contribution in [2.45, 2.75) is 39.2 Å². The minimum absolute atomic E-state index is 0.0793. The van der Waals surface area contributed by atoms with Crippen molar-refractivity contribution in [2.24, 2.45) is 0 Å². The number of anilines is 1. The molecule has 174 valence electrons. The molecule has 0 aromatic heterocycles. The number of carbonyl (C=O) groups is 2. The summed E-state index contributed by atoms with van der Waals surface area (Å²) in [6, 6.07) is 21.5. The maximum atomic E-state index is 13.3. The molecule has 0 aliphatic carbocycles. The highest BCUT2D eigenvalue weighted by atomic mass is 16.5. The maximum absolute atomic E-state index is 13.3. The van der Waals surface area contributed by atoms with Gasteiger partial charge in [-0.1, -0.05) is 63.2 Å². The molecule has 1 amide bonds. The molecule has 1 N–H and O–H groups in total. The third-order valence-corrected chi connectivity index (χ3v) is 6.31. The molecule has 0 saturated carbocycles. The Bertz CT molecular complexity index is 1240. The first-order chi connectivity index (χ1) is 16.4. The summed E-state index contributed by atoms with van der Waals surface area (Å²) in [5.74, 6) is -0.691. The Kier molecular flexibility index (Phi) is 6.55. The summed E-state index contributed by atoms with van der Waals surface area (Å²) in [6.07, 6.45) is 0.872. The van der Waals surface area contributed by atoms with Crippen LogP contribution in [0.2, 0.25) is 0 Å². The summed E-state index contributed by atoms with van der Waals surface area (Å²) in [5.41, 5.74) is 3.97. The Morgan fingerprint density at radius 2 is 1.68 bits per heavy atom. The second-order valence-electron chi connectivity index (χ2n) is 8.71. The number of carbonyl (C=O) groups excluding carboxylic acids is 2. The topological polar surface area (TPSA) is 66.8 Å². The Morgan fingerprint density at radius 3 is 2.26 bits per heavy atom. The van der Waals surface area contributed by atoms with Crippen molar-refractivity contribution in [2.75, 3.05) is 12.0 Å². The van der Waals surface area contributed by atoms with Crippen molar-refractivity contribution in [1.29, 1.82) is 0 Å². The zero-order valence-electron chi connectivity index (χ0n) is 19.9. The monoisotopic (exact) mass is 455 g/mol. The fourth-order valence-corrected chi connectivity index (χ4v) is 4.43. The molecule has 0 radical (unpaired) electrons. The van der Waals surface area contributed by atoms with Crippen LogP contribution in [-0.2, 0) is 16.0 Å². The van der Waals surface area contributed by atoms with E-state index in [0.29, 0.717) is 17.0 Å². The van der Waals surface area contributed by atoms with Gasteiger partial charge >= 0.3 is 0 Å². The van der Waals surface area contributed by atoms with Crippen molar-refractivity contribution in [3.8, 4) is 5.75 Å². The molecule has 0 spiro atoms. The number of rotatable bonds is 6. The Labute approximate surface area is 200 Å². The van der Waals surface area contributed by atoms with Crippen LogP contribution in [0.3, 0.4) is 0 Å². The smallest absolute Gasteiger partial charge is 0.300 e. The van der Waals surface area contributed by atoms with E-state index < -0.39 is 17.7 Å². The minimum atomic E-state index is -0.738. The second-order valence-corrected chi connectivity index (χ2v) is 8.71. The molecule has 0 bridgehead atoms. The van der Waals surface area contributed by atoms with Gasteiger partial charge in [0.2, 0.25) is 0 Å². The van der Waals surface area contributed by atoms with Gasteiger partial charge in [0.15, 0.2) is 0 Å². The molecule has 1 heterocycles. The number of aliphatic hydroxyl groups excluding tert-OH is 1. The number of hydrogen-bond acceptors (Lipinski definition) is 4. The van der Waals surface area contributed by atoms with E-state index >= 15 is 0 Å². The van der Waals surface area contributed by atoms with Gasteiger partial charge in [-0.3, -0.25) is 14.5 Å². The summed E-state index contributed by atoms with van der Waals surface area (Å²) in [4.78, 5) is 28.1. The van der Waals surface area contributed by atoms with E-state index in [1.54, 1.807) is 19.2 Å². The van der Waals surface area contributed by atoms with E-state index in [0.717, 1.165) is 23.1 Å². The number of aryl methyl sites for hydroxylation is 1. The number of aliphatic hydroxyl groups is 1. The molecule has 4 rings (SSSR count). The molecule has 1 saturated heterocycles. The molecule has 1 aliphatic rings.